The summed E-state index contributed by atoms with van der Waals surface area (Å²) in [5.41, 5.74) is 7.57. The predicted molar refractivity (Wildman–Crippen MR) is 181 cm³/mol. The number of carbonyl (C=O) groups is 2. The fourth-order valence-electron chi connectivity index (χ4n) is 4.68. The fourth-order valence-corrected chi connectivity index (χ4v) is 5.47. The van der Waals surface area contributed by atoms with Crippen LogP contribution in [0, 0.1) is 17.4 Å². The molecule has 0 radical (unpaired) electrons. The van der Waals surface area contributed by atoms with Crippen molar-refractivity contribution in [2.75, 3.05) is 6.61 Å². The molecule has 0 aliphatic carbocycles. The molecule has 10 nitrogen and oxygen atoms in total. The number of carbonyl (C=O) groups excluding carboxylic acids is 1. The molecule has 1 amide bonds. The summed E-state index contributed by atoms with van der Waals surface area (Å²) in [4.78, 5) is 23.8. The molecule has 0 atom stereocenters. The molecule has 5 aromatic rings. The van der Waals surface area contributed by atoms with E-state index in [0.717, 1.165) is 26.2 Å². The van der Waals surface area contributed by atoms with Gasteiger partial charge in [-0.15, -0.1) is 0 Å². The number of rotatable bonds is 13. The van der Waals surface area contributed by atoms with Gasteiger partial charge in [-0.3, -0.25) is 4.79 Å². The van der Waals surface area contributed by atoms with Crippen LogP contribution in [0.3, 0.4) is 0 Å². The highest BCUT2D eigenvalue weighted by Crippen LogP contribution is 2.34. The zero-order chi connectivity index (χ0) is 32.6. The Balaban J connectivity index is 1.15. The molecule has 0 aliphatic heterocycles. The molecular formula is C35H32IN3O7. The zero-order valence-corrected chi connectivity index (χ0v) is 27.6. The van der Waals surface area contributed by atoms with Crippen LogP contribution >= 0.6 is 22.6 Å². The Hall–Kier alpha value is -5.04. The third-order valence-corrected chi connectivity index (χ3v) is 7.73. The Morgan fingerprint density at radius 1 is 0.913 bits per heavy atom. The number of furan rings is 1. The number of aromatic nitrogens is 1. The Bertz CT molecular complexity index is 1840. The first-order valence-electron chi connectivity index (χ1n) is 14.4. The van der Waals surface area contributed by atoms with Crippen LogP contribution in [0.5, 0.6) is 17.2 Å². The van der Waals surface area contributed by atoms with E-state index in [-0.39, 0.29) is 24.5 Å². The molecule has 0 aliphatic rings. The average Bonchev–Trinajstić information content (AvgIpc) is 3.66. The summed E-state index contributed by atoms with van der Waals surface area (Å²) in [7, 11) is 0. The number of amides is 1. The van der Waals surface area contributed by atoms with Crippen molar-refractivity contribution < 1.29 is 33.3 Å². The van der Waals surface area contributed by atoms with Crippen molar-refractivity contribution in [1.29, 1.82) is 0 Å². The van der Waals surface area contributed by atoms with Gasteiger partial charge in [0.15, 0.2) is 17.3 Å². The second-order valence-corrected chi connectivity index (χ2v) is 11.4. The van der Waals surface area contributed by atoms with Gasteiger partial charge in [0.2, 0.25) is 0 Å². The minimum atomic E-state index is -0.982. The lowest BCUT2D eigenvalue weighted by Crippen LogP contribution is -2.16. The van der Waals surface area contributed by atoms with E-state index in [2.05, 4.69) is 63.7 Å². The minimum absolute atomic E-state index is 0.106. The second kappa shape index (κ2) is 14.8. The van der Waals surface area contributed by atoms with Crippen LogP contribution in [-0.2, 0) is 13.2 Å². The number of halogens is 1. The standard InChI is InChI=1S/C35H32IN3O7/c1-4-43-32-18-25(17-30(36)33(32)45-20-24-7-9-26(10-8-24)35(41)42)19-37-38-34(40)31-16-15-29(46-31)21-44-28-13-11-27(12-14-28)39-22(2)5-6-23(39)3/h5-19H,4,20-21H2,1-3H3,(H,38,40)(H,41,42)/b37-19+. The number of aryl methyl sites for hydroxylation is 2. The van der Waals surface area contributed by atoms with Crippen molar-refractivity contribution in [3.8, 4) is 22.9 Å². The Labute approximate surface area is 279 Å². The SMILES string of the molecule is CCOc1cc(/C=N/NC(=O)c2ccc(COc3ccc(-n4c(C)ccc4C)cc3)o2)cc(I)c1OCc1ccc(C(=O)O)cc1. The Morgan fingerprint density at radius 3 is 2.30 bits per heavy atom. The highest BCUT2D eigenvalue weighted by molar-refractivity contribution is 14.1. The van der Waals surface area contributed by atoms with Gasteiger partial charge < -0.3 is 28.3 Å². The third-order valence-electron chi connectivity index (χ3n) is 6.93. The van der Waals surface area contributed by atoms with E-state index in [1.165, 1.54) is 18.3 Å². The molecule has 5 rings (SSSR count). The van der Waals surface area contributed by atoms with E-state index in [1.54, 1.807) is 30.3 Å². The highest BCUT2D eigenvalue weighted by atomic mass is 127. The summed E-state index contributed by atoms with van der Waals surface area (Å²) >= 11 is 2.14. The van der Waals surface area contributed by atoms with Crippen LogP contribution in [0.4, 0.5) is 0 Å². The largest absolute Gasteiger partial charge is 0.490 e. The molecule has 0 saturated carbocycles. The molecule has 236 valence electrons. The van der Waals surface area contributed by atoms with Crippen LogP contribution < -0.4 is 19.6 Å². The molecule has 46 heavy (non-hydrogen) atoms. The lowest BCUT2D eigenvalue weighted by molar-refractivity contribution is 0.0696. The van der Waals surface area contributed by atoms with Crippen LogP contribution in [0.25, 0.3) is 5.69 Å². The van der Waals surface area contributed by atoms with Crippen molar-refractivity contribution in [3.05, 3.63) is 128 Å². The quantitative estimate of drug-likeness (QED) is 0.0739. The number of nitrogens with one attached hydrogen (secondary N) is 1. The summed E-state index contributed by atoms with van der Waals surface area (Å²) in [6.07, 6.45) is 1.50. The topological polar surface area (TPSA) is 125 Å². The number of hydrogen-bond donors (Lipinski definition) is 2. The number of aromatic carboxylic acids is 1. The lowest BCUT2D eigenvalue weighted by Gasteiger charge is -2.15. The van der Waals surface area contributed by atoms with Crippen LogP contribution in [0.1, 0.15) is 56.1 Å². The molecule has 0 unspecified atom stereocenters. The van der Waals surface area contributed by atoms with Gasteiger partial charge in [0.25, 0.3) is 0 Å². The predicted octanol–water partition coefficient (Wildman–Crippen LogP) is 7.31. The first-order valence-corrected chi connectivity index (χ1v) is 15.5. The number of hydrogen-bond acceptors (Lipinski definition) is 7. The van der Waals surface area contributed by atoms with Gasteiger partial charge >= 0.3 is 11.9 Å². The molecule has 3 aromatic carbocycles. The van der Waals surface area contributed by atoms with Gasteiger partial charge in [-0.1, -0.05) is 12.1 Å². The average molecular weight is 734 g/mol. The number of carboxylic acids is 1. The summed E-state index contributed by atoms with van der Waals surface area (Å²) < 4.78 is 26.3. The first kappa shape index (κ1) is 32.4. The molecule has 0 fully saturated rings. The van der Waals surface area contributed by atoms with E-state index >= 15 is 0 Å². The second-order valence-electron chi connectivity index (χ2n) is 10.3. The number of nitrogens with zero attached hydrogens (tertiary/aromatic N) is 2. The maximum absolute atomic E-state index is 12.7. The van der Waals surface area contributed by atoms with Gasteiger partial charge in [-0.2, -0.15) is 5.10 Å². The normalized spacial score (nSPS) is 11.0. The van der Waals surface area contributed by atoms with Gasteiger partial charge in [0, 0.05) is 17.1 Å². The molecule has 2 N–H and O–H groups in total. The van der Waals surface area contributed by atoms with Crippen LogP contribution in [0.2, 0.25) is 0 Å². The summed E-state index contributed by atoms with van der Waals surface area (Å²) in [6.45, 7) is 6.81. The summed E-state index contributed by atoms with van der Waals surface area (Å²) in [5, 5.41) is 13.2. The summed E-state index contributed by atoms with van der Waals surface area (Å²) in [6, 6.07) is 25.3. The highest BCUT2D eigenvalue weighted by Gasteiger charge is 2.14. The van der Waals surface area contributed by atoms with Crippen molar-refractivity contribution in [1.82, 2.24) is 9.99 Å². The van der Waals surface area contributed by atoms with Gasteiger partial charge in [-0.25, -0.2) is 10.2 Å². The number of hydrazone groups is 1. The van der Waals surface area contributed by atoms with Gasteiger partial charge in [0.1, 0.15) is 24.7 Å². The number of benzene rings is 3. The van der Waals surface area contributed by atoms with Crippen LogP contribution in [-0.4, -0.2) is 34.4 Å². The van der Waals surface area contributed by atoms with Crippen molar-refractivity contribution in [2.45, 2.75) is 34.0 Å². The molecule has 2 aromatic heterocycles. The fraction of sp³-hybridized carbons (Fsp3) is 0.171. The molecular weight excluding hydrogens is 701 g/mol. The van der Waals surface area contributed by atoms with E-state index in [0.29, 0.717) is 35.2 Å². The minimum Gasteiger partial charge on any atom is -0.490 e. The Morgan fingerprint density at radius 2 is 1.63 bits per heavy atom. The molecule has 0 spiro atoms. The van der Waals surface area contributed by atoms with Crippen molar-refractivity contribution >= 4 is 40.7 Å². The lowest BCUT2D eigenvalue weighted by atomic mass is 10.1. The van der Waals surface area contributed by atoms with E-state index in [1.807, 2.05) is 37.3 Å². The van der Waals surface area contributed by atoms with Crippen molar-refractivity contribution in [3.63, 3.8) is 0 Å². The van der Waals surface area contributed by atoms with E-state index < -0.39 is 11.9 Å². The smallest absolute Gasteiger partial charge is 0.335 e. The van der Waals surface area contributed by atoms with E-state index in [4.69, 9.17) is 23.7 Å². The first-order chi connectivity index (χ1) is 22.2. The van der Waals surface area contributed by atoms with Crippen LogP contribution in [0.15, 0.2) is 94.4 Å². The molecule has 11 heteroatoms. The third kappa shape index (κ3) is 7.96. The number of ether oxygens (including phenoxy) is 3. The van der Waals surface area contributed by atoms with E-state index in [9.17, 15) is 9.59 Å². The monoisotopic (exact) mass is 733 g/mol. The molecule has 0 saturated heterocycles. The maximum Gasteiger partial charge on any atom is 0.335 e. The zero-order valence-electron chi connectivity index (χ0n) is 25.5. The maximum atomic E-state index is 12.7. The molecule has 2 heterocycles. The summed E-state index contributed by atoms with van der Waals surface area (Å²) in [5.74, 6) is 0.879. The molecule has 0 bridgehead atoms. The Kier molecular flexibility index (Phi) is 10.4. The number of carboxylic acid groups (broad SMARTS) is 1. The van der Waals surface area contributed by atoms with Gasteiger partial charge in [-0.05, 0) is 127 Å². The van der Waals surface area contributed by atoms with Crippen molar-refractivity contribution in [2.24, 2.45) is 5.10 Å². The van der Waals surface area contributed by atoms with Gasteiger partial charge in [0.05, 0.1) is 22.0 Å².